The molecule has 0 aromatic heterocycles. The van der Waals surface area contributed by atoms with Gasteiger partial charge in [-0.2, -0.15) is 4.31 Å². The molecule has 1 N–H and O–H groups in total. The van der Waals surface area contributed by atoms with Gasteiger partial charge in [0.15, 0.2) is 0 Å². The second-order valence-corrected chi connectivity index (χ2v) is 11.3. The number of hydrogen-bond acceptors (Lipinski definition) is 4. The highest BCUT2D eigenvalue weighted by Crippen LogP contribution is 2.28. The van der Waals surface area contributed by atoms with E-state index in [4.69, 9.17) is 11.6 Å². The molecule has 3 rings (SSSR count). The van der Waals surface area contributed by atoms with Crippen molar-refractivity contribution in [3.63, 3.8) is 0 Å². The number of amides is 2. The lowest BCUT2D eigenvalue weighted by Crippen LogP contribution is -2.69. The van der Waals surface area contributed by atoms with Crippen molar-refractivity contribution in [2.75, 3.05) is 19.3 Å². The van der Waals surface area contributed by atoms with Crippen molar-refractivity contribution in [2.45, 2.75) is 70.0 Å². The first-order valence-electron chi connectivity index (χ1n) is 10.9. The Bertz CT molecular complexity index is 898. The third kappa shape index (κ3) is 5.99. The van der Waals surface area contributed by atoms with Gasteiger partial charge >= 0.3 is 0 Å². The van der Waals surface area contributed by atoms with Crippen molar-refractivity contribution >= 4 is 33.4 Å². The van der Waals surface area contributed by atoms with Crippen molar-refractivity contribution in [3.8, 4) is 0 Å². The summed E-state index contributed by atoms with van der Waals surface area (Å²) in [4.78, 5) is 28.1. The molecule has 0 bridgehead atoms. The zero-order valence-electron chi connectivity index (χ0n) is 18.3. The Morgan fingerprint density at radius 3 is 2.29 bits per heavy atom. The molecule has 1 atom stereocenters. The van der Waals surface area contributed by atoms with Gasteiger partial charge in [-0.05, 0) is 37.5 Å². The Balaban J connectivity index is 1.86. The van der Waals surface area contributed by atoms with E-state index in [2.05, 4.69) is 5.32 Å². The molecule has 1 saturated heterocycles. The lowest BCUT2D eigenvalue weighted by Gasteiger charge is -2.47. The number of piperazine rings is 1. The summed E-state index contributed by atoms with van der Waals surface area (Å²) >= 11 is 5.97. The Labute approximate surface area is 190 Å². The van der Waals surface area contributed by atoms with Gasteiger partial charge < -0.3 is 10.2 Å². The summed E-state index contributed by atoms with van der Waals surface area (Å²) < 4.78 is 25.6. The summed E-state index contributed by atoms with van der Waals surface area (Å²) in [6.45, 7) is 1.54. The van der Waals surface area contributed by atoms with E-state index in [0.717, 1.165) is 54.6 Å². The van der Waals surface area contributed by atoms with Crippen LogP contribution in [0.25, 0.3) is 0 Å². The third-order valence-electron chi connectivity index (χ3n) is 6.35. The molecule has 7 nitrogen and oxygen atoms in total. The molecule has 1 aromatic rings. The van der Waals surface area contributed by atoms with Gasteiger partial charge in [0.05, 0.1) is 12.8 Å². The lowest BCUT2D eigenvalue weighted by atomic mass is 9.92. The van der Waals surface area contributed by atoms with Crippen LogP contribution in [0.5, 0.6) is 0 Å². The monoisotopic (exact) mass is 469 g/mol. The van der Waals surface area contributed by atoms with Crippen LogP contribution >= 0.6 is 11.6 Å². The van der Waals surface area contributed by atoms with Gasteiger partial charge in [-0.25, -0.2) is 8.42 Å². The van der Waals surface area contributed by atoms with Crippen LogP contribution in [0.2, 0.25) is 5.02 Å². The maximum Gasteiger partial charge on any atom is 0.247 e. The van der Waals surface area contributed by atoms with Crippen molar-refractivity contribution < 1.29 is 18.0 Å². The minimum atomic E-state index is -3.62. The van der Waals surface area contributed by atoms with E-state index >= 15 is 0 Å². The molecule has 172 valence electrons. The first-order chi connectivity index (χ1) is 14.6. The number of carbonyl (C=O) groups is 2. The summed E-state index contributed by atoms with van der Waals surface area (Å²) in [7, 11) is -3.62. The molecule has 0 radical (unpaired) electrons. The van der Waals surface area contributed by atoms with Gasteiger partial charge in [0.2, 0.25) is 21.8 Å². The van der Waals surface area contributed by atoms with Gasteiger partial charge in [0, 0.05) is 24.2 Å². The Kier molecular flexibility index (Phi) is 7.65. The standard InChI is InChI=1S/C22H32ClN3O4S/c1-22(21(28)24-19-8-6-4-3-5-7-9-19)16-25(31(2,29)30)15-20(27)26(22)14-17-10-12-18(23)13-11-17/h10-13,19H,3-9,14-16H2,1-2H3,(H,24,28)/t22-/m0/s1. The summed E-state index contributed by atoms with van der Waals surface area (Å²) in [6, 6.07) is 7.14. The number of nitrogens with one attached hydrogen (secondary N) is 1. The van der Waals surface area contributed by atoms with E-state index in [1.165, 1.54) is 11.3 Å². The number of rotatable bonds is 5. The second-order valence-electron chi connectivity index (χ2n) is 8.93. The van der Waals surface area contributed by atoms with Crippen molar-refractivity contribution in [1.29, 1.82) is 0 Å². The van der Waals surface area contributed by atoms with Crippen LogP contribution in [-0.4, -0.2) is 60.4 Å². The number of halogens is 1. The highest BCUT2D eigenvalue weighted by Gasteiger charge is 2.49. The minimum absolute atomic E-state index is 0.0470. The fourth-order valence-electron chi connectivity index (χ4n) is 4.40. The minimum Gasteiger partial charge on any atom is -0.351 e. The van der Waals surface area contributed by atoms with Gasteiger partial charge in [0.25, 0.3) is 0 Å². The maximum atomic E-state index is 13.5. The molecule has 1 heterocycles. The van der Waals surface area contributed by atoms with Crippen LogP contribution in [0.4, 0.5) is 0 Å². The van der Waals surface area contributed by atoms with Crippen LogP contribution in [0.15, 0.2) is 24.3 Å². The van der Waals surface area contributed by atoms with Crippen molar-refractivity contribution in [1.82, 2.24) is 14.5 Å². The molecule has 1 aliphatic heterocycles. The SMILES string of the molecule is C[C@@]1(C(=O)NC2CCCCCCC2)CN(S(C)(=O)=O)CC(=O)N1Cc1ccc(Cl)cc1. The highest BCUT2D eigenvalue weighted by atomic mass is 35.5. The summed E-state index contributed by atoms with van der Waals surface area (Å²) in [5.74, 6) is -0.685. The molecule has 2 fully saturated rings. The first-order valence-corrected chi connectivity index (χ1v) is 13.1. The van der Waals surface area contributed by atoms with Gasteiger partial charge in [-0.15, -0.1) is 0 Å². The first kappa shape index (κ1) is 24.0. The zero-order chi connectivity index (χ0) is 22.6. The molecule has 2 amide bonds. The molecule has 0 unspecified atom stereocenters. The Hall–Kier alpha value is -1.64. The van der Waals surface area contributed by atoms with E-state index in [9.17, 15) is 18.0 Å². The molecule has 2 aliphatic rings. The Morgan fingerprint density at radius 2 is 1.71 bits per heavy atom. The number of benzene rings is 1. The maximum absolute atomic E-state index is 13.5. The third-order valence-corrected chi connectivity index (χ3v) is 7.79. The van der Waals surface area contributed by atoms with Gasteiger partial charge in [-0.3, -0.25) is 9.59 Å². The number of hydrogen-bond donors (Lipinski definition) is 1. The molecular weight excluding hydrogens is 438 g/mol. The fraction of sp³-hybridized carbons (Fsp3) is 0.636. The molecule has 1 aliphatic carbocycles. The highest BCUT2D eigenvalue weighted by molar-refractivity contribution is 7.88. The summed E-state index contributed by atoms with van der Waals surface area (Å²) in [5.41, 5.74) is -0.476. The Morgan fingerprint density at radius 1 is 1.13 bits per heavy atom. The average molecular weight is 470 g/mol. The summed E-state index contributed by atoms with van der Waals surface area (Å²) in [6.07, 6.45) is 8.55. The largest absolute Gasteiger partial charge is 0.351 e. The van der Waals surface area contributed by atoms with Crippen molar-refractivity contribution in [3.05, 3.63) is 34.9 Å². The quantitative estimate of drug-likeness (QED) is 0.718. The fourth-order valence-corrected chi connectivity index (χ4v) is 5.36. The van der Waals surface area contributed by atoms with Crippen LogP contribution in [-0.2, 0) is 26.2 Å². The van der Waals surface area contributed by atoms with E-state index in [0.29, 0.717) is 5.02 Å². The van der Waals surface area contributed by atoms with Crippen LogP contribution < -0.4 is 5.32 Å². The molecule has 31 heavy (non-hydrogen) atoms. The van der Waals surface area contributed by atoms with E-state index in [-0.39, 0.29) is 37.5 Å². The van der Waals surface area contributed by atoms with Crippen LogP contribution in [0.3, 0.4) is 0 Å². The number of carbonyl (C=O) groups excluding carboxylic acids is 2. The summed E-state index contributed by atoms with van der Waals surface area (Å²) in [5, 5.41) is 3.72. The van der Waals surface area contributed by atoms with E-state index < -0.39 is 15.6 Å². The predicted molar refractivity (Wildman–Crippen MR) is 121 cm³/mol. The average Bonchev–Trinajstić information content (AvgIpc) is 2.67. The smallest absolute Gasteiger partial charge is 0.247 e. The predicted octanol–water partition coefficient (Wildman–Crippen LogP) is 2.93. The molecule has 1 saturated carbocycles. The number of sulfonamides is 1. The van der Waals surface area contributed by atoms with Crippen molar-refractivity contribution in [2.24, 2.45) is 0 Å². The molecule has 0 spiro atoms. The van der Waals surface area contributed by atoms with Crippen LogP contribution in [0, 0.1) is 0 Å². The lowest BCUT2D eigenvalue weighted by molar-refractivity contribution is -0.154. The normalized spacial score (nSPS) is 24.5. The van der Waals surface area contributed by atoms with Crippen LogP contribution in [0.1, 0.15) is 57.4 Å². The molecule has 1 aromatic carbocycles. The molecular formula is C22H32ClN3O4S. The van der Waals surface area contributed by atoms with Gasteiger partial charge in [0.1, 0.15) is 5.54 Å². The van der Waals surface area contributed by atoms with E-state index in [1.54, 1.807) is 19.1 Å². The zero-order valence-corrected chi connectivity index (χ0v) is 19.8. The van der Waals surface area contributed by atoms with Gasteiger partial charge in [-0.1, -0.05) is 55.8 Å². The topological polar surface area (TPSA) is 86.8 Å². The van der Waals surface area contributed by atoms with E-state index in [1.807, 2.05) is 12.1 Å². The second kappa shape index (κ2) is 9.88. The molecule has 9 heteroatoms. The number of nitrogens with zero attached hydrogens (tertiary/aromatic N) is 2.